The molecule has 2 saturated heterocycles. The molecule has 28 heavy (non-hydrogen) atoms. The maximum atomic E-state index is 12.9. The highest BCUT2D eigenvalue weighted by Gasteiger charge is 2.44. The van der Waals surface area contributed by atoms with Crippen molar-refractivity contribution in [2.75, 3.05) is 24.6 Å². The first-order valence-corrected chi connectivity index (χ1v) is 9.71. The minimum absolute atomic E-state index is 0.115. The number of benzene rings is 1. The average molecular weight is 385 g/mol. The van der Waals surface area contributed by atoms with Crippen molar-refractivity contribution in [3.63, 3.8) is 0 Å². The summed E-state index contributed by atoms with van der Waals surface area (Å²) in [7, 11) is 0. The molecule has 2 fully saturated rings. The van der Waals surface area contributed by atoms with E-state index in [1.54, 1.807) is 12.1 Å². The third-order valence-corrected chi connectivity index (χ3v) is 5.63. The number of hydrogen-bond donors (Lipinski definition) is 1. The largest absolute Gasteiger partial charge is 0.378 e. The fraction of sp³-hybridized carbons (Fsp3) is 0.500. The summed E-state index contributed by atoms with van der Waals surface area (Å²) in [5.74, 6) is -1.92. The van der Waals surface area contributed by atoms with Crippen molar-refractivity contribution < 1.29 is 23.9 Å². The van der Waals surface area contributed by atoms with Gasteiger partial charge in [0.2, 0.25) is 11.8 Å². The highest BCUT2D eigenvalue weighted by atomic mass is 16.5. The lowest BCUT2D eigenvalue weighted by molar-refractivity contribution is -0.136. The number of carbonyl (C=O) groups excluding carboxylic acids is 4. The summed E-state index contributed by atoms with van der Waals surface area (Å²) in [4.78, 5) is 52.3. The van der Waals surface area contributed by atoms with Gasteiger partial charge < -0.3 is 9.64 Å². The number of fused-ring (bicyclic) bond motifs is 1. The van der Waals surface area contributed by atoms with Crippen LogP contribution in [0.25, 0.3) is 0 Å². The van der Waals surface area contributed by atoms with Crippen molar-refractivity contribution in [2.24, 2.45) is 0 Å². The van der Waals surface area contributed by atoms with Gasteiger partial charge in [-0.25, -0.2) is 0 Å². The van der Waals surface area contributed by atoms with Gasteiger partial charge in [-0.05, 0) is 44.4 Å². The SMILES string of the molecule is CCOC1CCN(c2ccc3c(c2)C(=O)N(C2CCC(=O)NC2=O)C3=O)CC1. The standard InChI is InChI=1S/C20H23N3O5/c1-2-28-13-7-9-22(10-8-13)12-3-4-14-15(11-12)20(27)23(19(14)26)16-5-6-17(24)21-18(16)25/h3-4,11,13,16H,2,5-10H2,1H3,(H,21,24,25). The van der Waals surface area contributed by atoms with Gasteiger partial charge >= 0.3 is 0 Å². The second-order valence-corrected chi connectivity index (χ2v) is 7.32. The normalized spacial score (nSPS) is 23.2. The summed E-state index contributed by atoms with van der Waals surface area (Å²) in [5, 5.41) is 2.21. The number of hydrogen-bond acceptors (Lipinski definition) is 6. The van der Waals surface area contributed by atoms with Gasteiger partial charge in [0.1, 0.15) is 6.04 Å². The van der Waals surface area contributed by atoms with E-state index in [4.69, 9.17) is 4.74 Å². The molecule has 0 spiro atoms. The van der Waals surface area contributed by atoms with Crippen LogP contribution >= 0.6 is 0 Å². The first kappa shape index (κ1) is 18.6. The van der Waals surface area contributed by atoms with E-state index in [1.165, 1.54) is 0 Å². The zero-order chi connectivity index (χ0) is 19.8. The van der Waals surface area contributed by atoms with Crippen LogP contribution in [0.1, 0.15) is 53.3 Å². The maximum absolute atomic E-state index is 12.9. The van der Waals surface area contributed by atoms with Crippen molar-refractivity contribution in [1.29, 1.82) is 0 Å². The second kappa shape index (κ2) is 7.35. The van der Waals surface area contributed by atoms with E-state index in [2.05, 4.69) is 10.2 Å². The zero-order valence-corrected chi connectivity index (χ0v) is 15.8. The van der Waals surface area contributed by atoms with Crippen molar-refractivity contribution in [3.05, 3.63) is 29.3 Å². The van der Waals surface area contributed by atoms with Crippen LogP contribution in [0.2, 0.25) is 0 Å². The summed E-state index contributed by atoms with van der Waals surface area (Å²) in [6.45, 7) is 4.34. The van der Waals surface area contributed by atoms with Crippen molar-refractivity contribution in [3.8, 4) is 0 Å². The second-order valence-electron chi connectivity index (χ2n) is 7.32. The molecule has 0 radical (unpaired) electrons. The van der Waals surface area contributed by atoms with Crippen LogP contribution in [0.4, 0.5) is 5.69 Å². The van der Waals surface area contributed by atoms with Crippen LogP contribution in [0, 0.1) is 0 Å². The van der Waals surface area contributed by atoms with E-state index >= 15 is 0 Å². The first-order valence-electron chi connectivity index (χ1n) is 9.71. The van der Waals surface area contributed by atoms with Gasteiger partial charge in [0.05, 0.1) is 17.2 Å². The summed E-state index contributed by atoms with van der Waals surface area (Å²) in [5.41, 5.74) is 1.52. The predicted octanol–water partition coefficient (Wildman–Crippen LogP) is 1.09. The number of imide groups is 2. The van der Waals surface area contributed by atoms with Crippen LogP contribution in [-0.2, 0) is 14.3 Å². The number of anilines is 1. The fourth-order valence-electron chi connectivity index (χ4n) is 4.17. The van der Waals surface area contributed by atoms with Gasteiger partial charge in [-0.3, -0.25) is 29.4 Å². The Morgan fingerprint density at radius 3 is 2.43 bits per heavy atom. The summed E-state index contributed by atoms with van der Waals surface area (Å²) in [6, 6.07) is 4.31. The van der Waals surface area contributed by atoms with Crippen LogP contribution in [0.15, 0.2) is 18.2 Å². The summed E-state index contributed by atoms with van der Waals surface area (Å²) >= 11 is 0. The molecule has 4 rings (SSSR count). The molecule has 1 N–H and O–H groups in total. The van der Waals surface area contributed by atoms with Crippen molar-refractivity contribution >= 4 is 29.3 Å². The molecule has 0 aromatic heterocycles. The Morgan fingerprint density at radius 1 is 1.04 bits per heavy atom. The highest BCUT2D eigenvalue weighted by molar-refractivity contribution is 6.23. The van der Waals surface area contributed by atoms with E-state index in [1.807, 2.05) is 13.0 Å². The lowest BCUT2D eigenvalue weighted by atomic mass is 10.0. The van der Waals surface area contributed by atoms with Crippen LogP contribution in [0.3, 0.4) is 0 Å². The van der Waals surface area contributed by atoms with E-state index in [0.29, 0.717) is 17.7 Å². The van der Waals surface area contributed by atoms with Gasteiger partial charge in [0.25, 0.3) is 11.8 Å². The lowest BCUT2D eigenvalue weighted by Gasteiger charge is -2.33. The molecule has 4 amide bonds. The Labute approximate surface area is 162 Å². The average Bonchev–Trinajstić information content (AvgIpc) is 2.93. The van der Waals surface area contributed by atoms with Gasteiger partial charge in [0.15, 0.2) is 0 Å². The summed E-state index contributed by atoms with van der Waals surface area (Å²) in [6.07, 6.45) is 2.37. The van der Waals surface area contributed by atoms with Crippen LogP contribution < -0.4 is 10.2 Å². The van der Waals surface area contributed by atoms with E-state index in [9.17, 15) is 19.2 Å². The first-order chi connectivity index (χ1) is 13.5. The number of nitrogens with one attached hydrogen (secondary N) is 1. The van der Waals surface area contributed by atoms with Crippen LogP contribution in [-0.4, -0.2) is 60.4 Å². The highest BCUT2D eigenvalue weighted by Crippen LogP contribution is 2.31. The minimum atomic E-state index is -0.935. The molecule has 0 saturated carbocycles. The molecule has 1 aromatic carbocycles. The van der Waals surface area contributed by atoms with E-state index in [0.717, 1.165) is 36.5 Å². The molecule has 3 aliphatic heterocycles. The Balaban J connectivity index is 1.53. The minimum Gasteiger partial charge on any atom is -0.378 e. The lowest BCUT2D eigenvalue weighted by Crippen LogP contribution is -2.54. The topological polar surface area (TPSA) is 96.0 Å². The number of piperidine rings is 2. The molecule has 3 aliphatic rings. The number of amides is 4. The number of rotatable bonds is 4. The number of nitrogens with zero attached hydrogens (tertiary/aromatic N) is 2. The van der Waals surface area contributed by atoms with E-state index < -0.39 is 23.8 Å². The number of ether oxygens (including phenoxy) is 1. The van der Waals surface area contributed by atoms with Crippen molar-refractivity contribution in [1.82, 2.24) is 10.2 Å². The zero-order valence-electron chi connectivity index (χ0n) is 15.8. The van der Waals surface area contributed by atoms with Gasteiger partial charge in [-0.1, -0.05) is 0 Å². The Bertz CT molecular complexity index is 844. The van der Waals surface area contributed by atoms with E-state index in [-0.39, 0.29) is 24.9 Å². The molecule has 0 aliphatic carbocycles. The molecule has 1 unspecified atom stereocenters. The third kappa shape index (κ3) is 3.17. The fourth-order valence-corrected chi connectivity index (χ4v) is 4.17. The van der Waals surface area contributed by atoms with Gasteiger partial charge in [-0.15, -0.1) is 0 Å². The molecule has 1 aromatic rings. The van der Waals surface area contributed by atoms with Crippen LogP contribution in [0.5, 0.6) is 0 Å². The molecule has 3 heterocycles. The maximum Gasteiger partial charge on any atom is 0.262 e. The Kier molecular flexibility index (Phi) is 4.89. The predicted molar refractivity (Wildman–Crippen MR) is 100.0 cm³/mol. The van der Waals surface area contributed by atoms with Crippen molar-refractivity contribution in [2.45, 2.75) is 44.8 Å². The molecule has 8 nitrogen and oxygen atoms in total. The molecule has 1 atom stereocenters. The Morgan fingerprint density at radius 2 is 1.75 bits per heavy atom. The Hall–Kier alpha value is -2.74. The van der Waals surface area contributed by atoms with Gasteiger partial charge in [0, 0.05) is 31.8 Å². The summed E-state index contributed by atoms with van der Waals surface area (Å²) < 4.78 is 5.68. The molecule has 0 bridgehead atoms. The quantitative estimate of drug-likeness (QED) is 0.780. The smallest absolute Gasteiger partial charge is 0.262 e. The third-order valence-electron chi connectivity index (χ3n) is 5.63. The molecular formula is C20H23N3O5. The van der Waals surface area contributed by atoms with Gasteiger partial charge in [-0.2, -0.15) is 0 Å². The molecule has 8 heteroatoms. The monoisotopic (exact) mass is 385 g/mol. The molecular weight excluding hydrogens is 362 g/mol. The number of carbonyl (C=O) groups is 4. The molecule has 148 valence electrons.